The predicted molar refractivity (Wildman–Crippen MR) is 28.7 cm³/mol. The second-order valence-corrected chi connectivity index (χ2v) is 2.01. The van der Waals surface area contributed by atoms with Crippen LogP contribution in [0.15, 0.2) is 12.2 Å². The molecule has 2 heteroatoms. The first-order valence-corrected chi connectivity index (χ1v) is 2.60. The van der Waals surface area contributed by atoms with Crippen molar-refractivity contribution in [3.8, 4) is 0 Å². The number of rotatable bonds is 0. The van der Waals surface area contributed by atoms with Crippen LogP contribution in [0.25, 0.3) is 0 Å². The van der Waals surface area contributed by atoms with Crippen LogP contribution >= 0.6 is 0 Å². The molecule has 1 aliphatic carbocycles. The molecule has 1 fully saturated rings. The van der Waals surface area contributed by atoms with Gasteiger partial charge < -0.3 is 5.11 Å². The average Bonchev–Trinajstić information content (AvgIpc) is 1.98. The first kappa shape index (κ1) is 5.76. The fourth-order valence-electron chi connectivity index (χ4n) is 0.793. The Morgan fingerprint density at radius 3 is 2.50 bits per heavy atom. The van der Waals surface area contributed by atoms with Gasteiger partial charge in [-0.1, -0.05) is 6.58 Å². The number of hydrogen-bond acceptors (Lipinski definition) is 1. The third-order valence-corrected chi connectivity index (χ3v) is 1.35. The summed E-state index contributed by atoms with van der Waals surface area (Å²) in [7, 11) is 0. The predicted octanol–water partition coefficient (Wildman–Crippen LogP) is 1.20. The molecular weight excluding hydrogens is 107 g/mol. The number of hydrogen-bond donors (Lipinski definition) is 1. The van der Waals surface area contributed by atoms with Crippen molar-refractivity contribution in [2.24, 2.45) is 0 Å². The minimum atomic E-state index is -0.859. The lowest BCUT2D eigenvalue weighted by molar-refractivity contribution is 0.164. The fourth-order valence-corrected chi connectivity index (χ4v) is 0.793. The van der Waals surface area contributed by atoms with E-state index in [2.05, 4.69) is 6.58 Å². The van der Waals surface area contributed by atoms with Crippen molar-refractivity contribution in [1.82, 2.24) is 0 Å². The molecule has 0 spiro atoms. The van der Waals surface area contributed by atoms with E-state index in [-0.39, 0.29) is 0 Å². The van der Waals surface area contributed by atoms with Crippen molar-refractivity contribution in [3.63, 3.8) is 0 Å². The van der Waals surface area contributed by atoms with E-state index < -0.39 is 12.3 Å². The van der Waals surface area contributed by atoms with Crippen molar-refractivity contribution in [3.05, 3.63) is 18.3 Å². The van der Waals surface area contributed by atoms with Crippen LogP contribution in [-0.2, 0) is 0 Å². The van der Waals surface area contributed by atoms with E-state index in [1.807, 2.05) is 0 Å². The van der Waals surface area contributed by atoms with Crippen molar-refractivity contribution >= 4 is 0 Å². The molecule has 8 heavy (non-hydrogen) atoms. The van der Waals surface area contributed by atoms with Gasteiger partial charge in [0.25, 0.3) is 0 Å². The number of aliphatic hydroxyl groups is 1. The summed E-state index contributed by atoms with van der Waals surface area (Å²) in [6, 6.07) is 0. The Labute approximate surface area is 47.8 Å². The summed E-state index contributed by atoms with van der Waals surface area (Å²) in [5, 5.41) is 8.70. The van der Waals surface area contributed by atoms with Crippen molar-refractivity contribution in [2.45, 2.75) is 18.9 Å². The van der Waals surface area contributed by atoms with Gasteiger partial charge >= 0.3 is 0 Å². The van der Waals surface area contributed by atoms with Gasteiger partial charge in [-0.2, -0.15) is 0 Å². The summed E-state index contributed by atoms with van der Waals surface area (Å²) >= 11 is 0. The average molecular weight is 115 g/mol. The fraction of sp³-hybridized carbons (Fsp3) is 0.500. The van der Waals surface area contributed by atoms with Gasteiger partial charge in [-0.25, -0.2) is 4.39 Å². The van der Waals surface area contributed by atoms with Crippen molar-refractivity contribution < 1.29 is 9.50 Å². The Hall–Kier alpha value is -0.370. The van der Waals surface area contributed by atoms with Crippen LogP contribution in [-0.4, -0.2) is 11.2 Å². The standard InChI is InChI=1S/C6H8FO/c1-4-2-3-5(8)6(4)7/h5,8H,1-3H2. The minimum Gasteiger partial charge on any atom is -0.389 e. The summed E-state index contributed by atoms with van der Waals surface area (Å²) in [4.78, 5) is 0. The zero-order valence-electron chi connectivity index (χ0n) is 4.52. The van der Waals surface area contributed by atoms with Crippen LogP contribution < -0.4 is 0 Å². The van der Waals surface area contributed by atoms with Crippen LogP contribution in [0.3, 0.4) is 0 Å². The summed E-state index contributed by atoms with van der Waals surface area (Å²) in [5.41, 5.74) is 0.456. The SMILES string of the molecule is C=C1CCC(O)[C]1F. The molecular formula is C6H8FO. The summed E-state index contributed by atoms with van der Waals surface area (Å²) in [5.74, 6) is 0. The van der Waals surface area contributed by atoms with E-state index in [1.165, 1.54) is 0 Å². The second kappa shape index (κ2) is 1.86. The summed E-state index contributed by atoms with van der Waals surface area (Å²) in [6.07, 6.45) is -0.176. The lowest BCUT2D eigenvalue weighted by Crippen LogP contribution is -2.05. The van der Waals surface area contributed by atoms with Crippen LogP contribution in [0.1, 0.15) is 12.8 Å². The first-order valence-electron chi connectivity index (χ1n) is 2.60. The Kier molecular flexibility index (Phi) is 1.34. The third kappa shape index (κ3) is 0.757. The molecule has 1 nitrogen and oxygen atoms in total. The molecule has 1 N–H and O–H groups in total. The van der Waals surface area contributed by atoms with Gasteiger partial charge in [-0.15, -0.1) is 0 Å². The molecule has 0 bridgehead atoms. The molecule has 1 aliphatic rings. The summed E-state index contributed by atoms with van der Waals surface area (Å²) < 4.78 is 12.3. The Morgan fingerprint density at radius 1 is 1.75 bits per heavy atom. The molecule has 0 aromatic carbocycles. The maximum Gasteiger partial charge on any atom is 0.197 e. The molecule has 0 aromatic heterocycles. The highest BCUT2D eigenvalue weighted by atomic mass is 19.1. The molecule has 0 amide bonds. The van der Waals surface area contributed by atoms with E-state index in [1.54, 1.807) is 0 Å². The summed E-state index contributed by atoms with van der Waals surface area (Å²) in [6.45, 7) is 3.41. The number of halogens is 1. The van der Waals surface area contributed by atoms with Crippen LogP contribution in [0.2, 0.25) is 0 Å². The van der Waals surface area contributed by atoms with E-state index in [9.17, 15) is 4.39 Å². The van der Waals surface area contributed by atoms with Crippen LogP contribution in [0.4, 0.5) is 4.39 Å². The van der Waals surface area contributed by atoms with Gasteiger partial charge in [0.2, 0.25) is 0 Å². The maximum atomic E-state index is 12.3. The smallest absolute Gasteiger partial charge is 0.197 e. The molecule has 0 aliphatic heterocycles. The van der Waals surface area contributed by atoms with Gasteiger partial charge in [-0.05, 0) is 18.4 Å². The van der Waals surface area contributed by atoms with Gasteiger partial charge in [0, 0.05) is 0 Å². The van der Waals surface area contributed by atoms with Crippen LogP contribution in [0, 0.1) is 6.17 Å². The maximum absolute atomic E-state index is 12.3. The van der Waals surface area contributed by atoms with Gasteiger partial charge in [0.15, 0.2) is 6.17 Å². The molecule has 1 radical (unpaired) electrons. The highest BCUT2D eigenvalue weighted by molar-refractivity contribution is 5.23. The molecule has 0 aromatic rings. The highest BCUT2D eigenvalue weighted by Gasteiger charge is 2.29. The molecule has 0 heterocycles. The zero-order valence-corrected chi connectivity index (χ0v) is 4.52. The van der Waals surface area contributed by atoms with Gasteiger partial charge in [0.05, 0.1) is 6.10 Å². The second-order valence-electron chi connectivity index (χ2n) is 2.01. The minimum absolute atomic E-state index is 0.426. The first-order chi connectivity index (χ1) is 3.72. The Bertz CT molecular complexity index is 111. The van der Waals surface area contributed by atoms with E-state index in [0.29, 0.717) is 18.4 Å². The lowest BCUT2D eigenvalue weighted by Gasteiger charge is -2.00. The van der Waals surface area contributed by atoms with Crippen molar-refractivity contribution in [1.29, 1.82) is 0 Å². The van der Waals surface area contributed by atoms with E-state index in [0.717, 1.165) is 0 Å². The Balaban J connectivity index is 2.56. The topological polar surface area (TPSA) is 20.2 Å². The lowest BCUT2D eigenvalue weighted by atomic mass is 10.2. The molecule has 45 valence electrons. The quantitative estimate of drug-likeness (QED) is 0.503. The zero-order chi connectivity index (χ0) is 6.15. The third-order valence-electron chi connectivity index (χ3n) is 1.35. The van der Waals surface area contributed by atoms with Gasteiger partial charge in [0.1, 0.15) is 0 Å². The van der Waals surface area contributed by atoms with Crippen molar-refractivity contribution in [2.75, 3.05) is 0 Å². The van der Waals surface area contributed by atoms with Gasteiger partial charge in [-0.3, -0.25) is 0 Å². The molecule has 1 atom stereocenters. The normalized spacial score (nSPS) is 31.8. The Morgan fingerprint density at radius 2 is 2.38 bits per heavy atom. The monoisotopic (exact) mass is 115 g/mol. The molecule has 0 saturated heterocycles. The molecule has 1 rings (SSSR count). The molecule has 1 unspecified atom stereocenters. The van der Waals surface area contributed by atoms with E-state index in [4.69, 9.17) is 5.11 Å². The highest BCUT2D eigenvalue weighted by Crippen LogP contribution is 2.32. The van der Waals surface area contributed by atoms with Crippen LogP contribution in [0.5, 0.6) is 0 Å². The molecule has 1 saturated carbocycles. The van der Waals surface area contributed by atoms with E-state index >= 15 is 0 Å². The largest absolute Gasteiger partial charge is 0.389 e. The number of aliphatic hydroxyl groups excluding tert-OH is 1.